The minimum absolute atomic E-state index is 0.524. The van der Waals surface area contributed by atoms with Crippen molar-refractivity contribution in [3.8, 4) is 11.6 Å². The second-order valence-electron chi connectivity index (χ2n) is 6.15. The molecule has 1 N–H and O–H groups in total. The van der Waals surface area contributed by atoms with E-state index in [0.717, 1.165) is 17.0 Å². The summed E-state index contributed by atoms with van der Waals surface area (Å²) in [4.78, 5) is 12.8. The fraction of sp³-hybridized carbons (Fsp3) is 0.316. The van der Waals surface area contributed by atoms with Crippen LogP contribution in [0.15, 0.2) is 48.8 Å². The fourth-order valence-electron chi connectivity index (χ4n) is 3.12. The van der Waals surface area contributed by atoms with E-state index in [9.17, 15) is 0 Å². The molecule has 0 radical (unpaired) electrons. The number of nitrogens with one attached hydrogen (secondary N) is 1. The third-order valence-electron chi connectivity index (χ3n) is 4.36. The highest BCUT2D eigenvalue weighted by atomic mass is 16.5. The molecule has 5 heteroatoms. The zero-order valence-corrected chi connectivity index (χ0v) is 13.5. The molecule has 2 heterocycles. The highest BCUT2D eigenvalue weighted by Gasteiger charge is 2.12. The van der Waals surface area contributed by atoms with Crippen LogP contribution in [0.2, 0.25) is 0 Å². The van der Waals surface area contributed by atoms with E-state index in [1.165, 1.54) is 32.1 Å². The zero-order valence-electron chi connectivity index (χ0n) is 13.5. The first kappa shape index (κ1) is 14.9. The van der Waals surface area contributed by atoms with Gasteiger partial charge in [-0.25, -0.2) is 4.98 Å². The quantitative estimate of drug-likeness (QED) is 0.763. The Kier molecular flexibility index (Phi) is 4.23. The van der Waals surface area contributed by atoms with Crippen LogP contribution in [-0.4, -0.2) is 21.0 Å². The van der Waals surface area contributed by atoms with Crippen molar-refractivity contribution in [2.75, 3.05) is 5.32 Å². The van der Waals surface area contributed by atoms with Crippen LogP contribution in [0.4, 0.5) is 5.69 Å². The third kappa shape index (κ3) is 3.45. The Labute approximate surface area is 141 Å². The van der Waals surface area contributed by atoms with Gasteiger partial charge in [0.25, 0.3) is 0 Å². The van der Waals surface area contributed by atoms with Gasteiger partial charge in [0.05, 0.1) is 0 Å². The fourth-order valence-corrected chi connectivity index (χ4v) is 3.12. The van der Waals surface area contributed by atoms with Gasteiger partial charge in [0, 0.05) is 30.2 Å². The number of pyridine rings is 1. The zero-order chi connectivity index (χ0) is 16.2. The number of aromatic nitrogens is 3. The first-order chi connectivity index (χ1) is 11.9. The maximum Gasteiger partial charge on any atom is 0.221 e. The Morgan fingerprint density at radius 3 is 2.50 bits per heavy atom. The largest absolute Gasteiger partial charge is 0.439 e. The molecule has 1 saturated carbocycles. The van der Waals surface area contributed by atoms with Gasteiger partial charge < -0.3 is 10.1 Å². The van der Waals surface area contributed by atoms with Gasteiger partial charge in [-0.1, -0.05) is 19.3 Å². The summed E-state index contributed by atoms with van der Waals surface area (Å²) in [5.74, 6) is 1.29. The highest BCUT2D eigenvalue weighted by Crippen LogP contribution is 2.25. The van der Waals surface area contributed by atoms with Crippen molar-refractivity contribution in [1.82, 2.24) is 15.0 Å². The van der Waals surface area contributed by atoms with Crippen LogP contribution in [0, 0.1) is 0 Å². The number of nitrogens with zero attached hydrogens (tertiary/aromatic N) is 3. The molecule has 0 spiro atoms. The summed E-state index contributed by atoms with van der Waals surface area (Å²) in [7, 11) is 0. The second-order valence-corrected chi connectivity index (χ2v) is 6.15. The summed E-state index contributed by atoms with van der Waals surface area (Å²) in [6.07, 6.45) is 9.84. The molecule has 0 aliphatic heterocycles. The van der Waals surface area contributed by atoms with Crippen LogP contribution in [0.1, 0.15) is 32.1 Å². The number of fused-ring (bicyclic) bond motifs is 1. The smallest absolute Gasteiger partial charge is 0.221 e. The monoisotopic (exact) mass is 320 g/mol. The minimum atomic E-state index is 0.524. The number of anilines is 1. The molecule has 1 aliphatic rings. The van der Waals surface area contributed by atoms with E-state index in [2.05, 4.69) is 32.4 Å². The second kappa shape index (κ2) is 6.83. The van der Waals surface area contributed by atoms with Crippen molar-refractivity contribution in [2.45, 2.75) is 38.1 Å². The average molecular weight is 320 g/mol. The summed E-state index contributed by atoms with van der Waals surface area (Å²) in [6.45, 7) is 0. The first-order valence-corrected chi connectivity index (χ1v) is 8.49. The summed E-state index contributed by atoms with van der Waals surface area (Å²) < 4.78 is 5.82. The molecule has 3 aromatic rings. The van der Waals surface area contributed by atoms with Crippen LogP contribution in [0.25, 0.3) is 11.2 Å². The van der Waals surface area contributed by atoms with Gasteiger partial charge in [-0.05, 0) is 43.2 Å². The molecule has 24 heavy (non-hydrogen) atoms. The van der Waals surface area contributed by atoms with Crippen LogP contribution < -0.4 is 10.1 Å². The Morgan fingerprint density at radius 2 is 1.67 bits per heavy atom. The molecule has 1 aliphatic carbocycles. The lowest BCUT2D eigenvalue weighted by Crippen LogP contribution is -2.22. The summed E-state index contributed by atoms with van der Waals surface area (Å²) in [6, 6.07) is 12.3. The molecule has 1 aromatic carbocycles. The van der Waals surface area contributed by atoms with Crippen molar-refractivity contribution in [2.24, 2.45) is 0 Å². The van der Waals surface area contributed by atoms with E-state index in [1.807, 2.05) is 24.3 Å². The topological polar surface area (TPSA) is 59.9 Å². The number of ether oxygens (including phenoxy) is 1. The van der Waals surface area contributed by atoms with Crippen molar-refractivity contribution in [3.05, 3.63) is 48.8 Å². The van der Waals surface area contributed by atoms with Gasteiger partial charge in [0.1, 0.15) is 11.3 Å². The first-order valence-electron chi connectivity index (χ1n) is 8.49. The third-order valence-corrected chi connectivity index (χ3v) is 4.36. The summed E-state index contributed by atoms with van der Waals surface area (Å²) in [5.41, 5.74) is 2.49. The van der Waals surface area contributed by atoms with Gasteiger partial charge >= 0.3 is 0 Å². The molecule has 0 unspecified atom stereocenters. The van der Waals surface area contributed by atoms with Crippen LogP contribution >= 0.6 is 0 Å². The van der Waals surface area contributed by atoms with Crippen LogP contribution in [0.3, 0.4) is 0 Å². The molecule has 0 saturated heterocycles. The molecule has 1 fully saturated rings. The number of hydrogen-bond acceptors (Lipinski definition) is 5. The minimum Gasteiger partial charge on any atom is -0.439 e. The van der Waals surface area contributed by atoms with E-state index in [4.69, 9.17) is 4.74 Å². The molecule has 5 nitrogen and oxygen atoms in total. The van der Waals surface area contributed by atoms with Gasteiger partial charge in [-0.3, -0.25) is 4.98 Å². The lowest BCUT2D eigenvalue weighted by atomic mass is 9.95. The lowest BCUT2D eigenvalue weighted by molar-refractivity contribution is 0.461. The molecule has 0 bridgehead atoms. The lowest BCUT2D eigenvalue weighted by Gasteiger charge is -2.23. The highest BCUT2D eigenvalue weighted by molar-refractivity contribution is 5.69. The summed E-state index contributed by atoms with van der Waals surface area (Å²) in [5, 5.41) is 3.61. The summed E-state index contributed by atoms with van der Waals surface area (Å²) >= 11 is 0. The number of benzene rings is 1. The molecule has 4 rings (SSSR count). The Balaban J connectivity index is 1.44. The Morgan fingerprint density at radius 1 is 0.875 bits per heavy atom. The van der Waals surface area contributed by atoms with Crippen LogP contribution in [-0.2, 0) is 0 Å². The van der Waals surface area contributed by atoms with Gasteiger partial charge in [0.2, 0.25) is 5.88 Å². The van der Waals surface area contributed by atoms with Crippen molar-refractivity contribution in [1.29, 1.82) is 0 Å². The molecule has 122 valence electrons. The number of hydrogen-bond donors (Lipinski definition) is 1. The van der Waals surface area contributed by atoms with Crippen molar-refractivity contribution in [3.63, 3.8) is 0 Å². The van der Waals surface area contributed by atoms with E-state index in [-0.39, 0.29) is 0 Å². The van der Waals surface area contributed by atoms with E-state index in [0.29, 0.717) is 17.6 Å². The van der Waals surface area contributed by atoms with Crippen molar-refractivity contribution >= 4 is 16.9 Å². The predicted octanol–water partition coefficient (Wildman–Crippen LogP) is 4.56. The maximum atomic E-state index is 5.82. The Hall–Kier alpha value is -2.69. The van der Waals surface area contributed by atoms with Crippen molar-refractivity contribution < 1.29 is 4.74 Å². The SMILES string of the molecule is c1cnc2nc(Oc3ccc(NC4CCCCC4)cc3)ccc2n1. The molecule has 0 atom stereocenters. The predicted molar refractivity (Wildman–Crippen MR) is 94.3 cm³/mol. The average Bonchev–Trinajstić information content (AvgIpc) is 2.64. The molecule has 2 aromatic heterocycles. The molecular weight excluding hydrogens is 300 g/mol. The van der Waals surface area contributed by atoms with E-state index in [1.54, 1.807) is 12.4 Å². The van der Waals surface area contributed by atoms with E-state index < -0.39 is 0 Å². The normalized spacial score (nSPS) is 15.3. The maximum absolute atomic E-state index is 5.82. The van der Waals surface area contributed by atoms with Gasteiger partial charge in [-0.15, -0.1) is 0 Å². The molecular formula is C19H20N4O. The van der Waals surface area contributed by atoms with E-state index >= 15 is 0 Å². The van der Waals surface area contributed by atoms with Crippen LogP contribution in [0.5, 0.6) is 11.6 Å². The van der Waals surface area contributed by atoms with Gasteiger partial charge in [0.15, 0.2) is 5.65 Å². The Bertz CT molecular complexity index is 813. The standard InChI is InChI=1S/C19H20N4O/c1-2-4-14(5-3-1)22-15-6-8-16(9-7-15)24-18-11-10-17-19(23-18)21-13-12-20-17/h6-14,22H,1-5H2. The van der Waals surface area contributed by atoms with Gasteiger partial charge in [-0.2, -0.15) is 4.98 Å². The number of rotatable bonds is 4. The molecule has 0 amide bonds.